The van der Waals surface area contributed by atoms with Crippen molar-refractivity contribution in [3.63, 3.8) is 0 Å². The highest BCUT2D eigenvalue weighted by molar-refractivity contribution is 5.82. The molecular formula is C15H19FO3. The van der Waals surface area contributed by atoms with Gasteiger partial charge in [-0.25, -0.2) is 4.39 Å². The largest absolute Gasteiger partial charge is 0.496 e. The van der Waals surface area contributed by atoms with E-state index in [1.807, 2.05) is 0 Å². The van der Waals surface area contributed by atoms with Crippen molar-refractivity contribution in [2.45, 2.75) is 44.4 Å². The summed E-state index contributed by atoms with van der Waals surface area (Å²) >= 11 is 0. The van der Waals surface area contributed by atoms with Crippen molar-refractivity contribution in [3.8, 4) is 5.75 Å². The maximum absolute atomic E-state index is 14.2. The minimum Gasteiger partial charge on any atom is -0.496 e. The fourth-order valence-corrected chi connectivity index (χ4v) is 2.99. The summed E-state index contributed by atoms with van der Waals surface area (Å²) in [7, 11) is 1.51. The van der Waals surface area contributed by atoms with Crippen LogP contribution in [0.2, 0.25) is 0 Å². The predicted molar refractivity (Wildman–Crippen MR) is 70.1 cm³/mol. The van der Waals surface area contributed by atoms with E-state index in [9.17, 15) is 14.3 Å². The number of carboxylic acid groups (broad SMARTS) is 1. The van der Waals surface area contributed by atoms with Crippen LogP contribution in [0.15, 0.2) is 12.1 Å². The molecule has 0 aliphatic heterocycles. The number of ether oxygens (including phenoxy) is 1. The number of carbonyl (C=O) groups is 1. The Bertz CT molecular complexity index is 490. The summed E-state index contributed by atoms with van der Waals surface area (Å²) < 4.78 is 19.4. The molecule has 1 aliphatic rings. The fraction of sp³-hybridized carbons (Fsp3) is 0.533. The topological polar surface area (TPSA) is 46.5 Å². The quantitative estimate of drug-likeness (QED) is 0.911. The van der Waals surface area contributed by atoms with Gasteiger partial charge in [0, 0.05) is 5.56 Å². The molecule has 19 heavy (non-hydrogen) atoms. The molecule has 0 atom stereocenters. The van der Waals surface area contributed by atoms with Gasteiger partial charge in [0.25, 0.3) is 0 Å². The molecule has 0 bridgehead atoms. The van der Waals surface area contributed by atoms with Crippen LogP contribution >= 0.6 is 0 Å². The molecule has 0 radical (unpaired) electrons. The third kappa shape index (κ3) is 2.31. The lowest BCUT2D eigenvalue weighted by Crippen LogP contribution is -2.38. The highest BCUT2D eigenvalue weighted by Gasteiger charge is 2.43. The first kappa shape index (κ1) is 13.8. The molecule has 0 amide bonds. The van der Waals surface area contributed by atoms with Crippen molar-refractivity contribution in [2.24, 2.45) is 0 Å². The third-order valence-corrected chi connectivity index (χ3v) is 4.12. The lowest BCUT2D eigenvalue weighted by Gasteiger charge is -2.34. The van der Waals surface area contributed by atoms with Gasteiger partial charge in [-0.3, -0.25) is 4.79 Å². The second-order valence-corrected chi connectivity index (χ2v) is 5.25. The minimum atomic E-state index is -1.09. The van der Waals surface area contributed by atoms with Crippen molar-refractivity contribution in [2.75, 3.05) is 7.11 Å². The molecule has 4 heteroatoms. The summed E-state index contributed by atoms with van der Waals surface area (Å²) in [4.78, 5) is 11.7. The molecule has 0 spiro atoms. The van der Waals surface area contributed by atoms with Crippen LogP contribution in [0.3, 0.4) is 0 Å². The highest BCUT2D eigenvalue weighted by atomic mass is 19.1. The molecule has 1 aliphatic carbocycles. The summed E-state index contributed by atoms with van der Waals surface area (Å²) in [6, 6.07) is 2.93. The van der Waals surface area contributed by atoms with Crippen LogP contribution in [0.1, 0.15) is 43.2 Å². The second kappa shape index (κ2) is 5.19. The zero-order chi connectivity index (χ0) is 14.0. The van der Waals surface area contributed by atoms with Crippen LogP contribution in [-0.4, -0.2) is 18.2 Å². The fourth-order valence-electron chi connectivity index (χ4n) is 2.99. The van der Waals surface area contributed by atoms with Crippen LogP contribution < -0.4 is 4.74 Å². The standard InChI is InChI=1S/C15H19FO3/c1-10-8-12(16)11(9-13(10)19-2)15(14(17)18)6-4-3-5-7-15/h8-9H,3-7H2,1-2H3,(H,17,18). The average Bonchev–Trinajstić information content (AvgIpc) is 2.39. The highest BCUT2D eigenvalue weighted by Crippen LogP contribution is 2.42. The van der Waals surface area contributed by atoms with E-state index in [1.54, 1.807) is 13.0 Å². The normalized spacial score (nSPS) is 18.1. The number of halogens is 1. The van der Waals surface area contributed by atoms with Gasteiger partial charge in [0.15, 0.2) is 0 Å². The van der Waals surface area contributed by atoms with Gasteiger partial charge >= 0.3 is 5.97 Å². The van der Waals surface area contributed by atoms with Crippen LogP contribution in [0.4, 0.5) is 4.39 Å². The molecule has 3 nitrogen and oxygen atoms in total. The molecule has 104 valence electrons. The van der Waals surface area contributed by atoms with Gasteiger partial charge in [-0.15, -0.1) is 0 Å². The van der Waals surface area contributed by atoms with Gasteiger partial charge in [0.2, 0.25) is 0 Å². The molecule has 1 fully saturated rings. The maximum atomic E-state index is 14.2. The Balaban J connectivity index is 2.56. The van der Waals surface area contributed by atoms with Gasteiger partial charge in [0.1, 0.15) is 11.6 Å². The van der Waals surface area contributed by atoms with E-state index in [2.05, 4.69) is 0 Å². The number of carboxylic acids is 1. The number of hydrogen-bond donors (Lipinski definition) is 1. The Morgan fingerprint density at radius 2 is 1.95 bits per heavy atom. The zero-order valence-corrected chi connectivity index (χ0v) is 11.3. The van der Waals surface area contributed by atoms with Gasteiger partial charge in [-0.05, 0) is 37.5 Å². The summed E-state index contributed by atoms with van der Waals surface area (Å²) in [5, 5.41) is 9.59. The van der Waals surface area contributed by atoms with E-state index >= 15 is 0 Å². The molecule has 0 aromatic heterocycles. The van der Waals surface area contributed by atoms with E-state index < -0.39 is 17.2 Å². The number of methoxy groups -OCH3 is 1. The smallest absolute Gasteiger partial charge is 0.314 e. The van der Waals surface area contributed by atoms with Crippen molar-refractivity contribution in [1.82, 2.24) is 0 Å². The molecule has 0 unspecified atom stereocenters. The van der Waals surface area contributed by atoms with Gasteiger partial charge in [-0.1, -0.05) is 19.3 Å². The number of hydrogen-bond acceptors (Lipinski definition) is 2. The summed E-state index contributed by atoms with van der Waals surface area (Å²) in [5.74, 6) is -0.831. The van der Waals surface area contributed by atoms with Gasteiger partial charge in [-0.2, -0.15) is 0 Å². The Hall–Kier alpha value is -1.58. The third-order valence-electron chi connectivity index (χ3n) is 4.12. The summed E-state index contributed by atoms with van der Waals surface area (Å²) in [6.45, 7) is 1.75. The molecule has 0 heterocycles. The van der Waals surface area contributed by atoms with E-state index in [1.165, 1.54) is 13.2 Å². The summed E-state index contributed by atoms with van der Waals surface area (Å²) in [6.07, 6.45) is 3.64. The van der Waals surface area contributed by atoms with Crippen molar-refractivity contribution < 1.29 is 19.0 Å². The Morgan fingerprint density at radius 1 is 1.32 bits per heavy atom. The zero-order valence-electron chi connectivity index (χ0n) is 11.3. The number of benzene rings is 1. The van der Waals surface area contributed by atoms with Crippen LogP contribution in [0.5, 0.6) is 5.75 Å². The SMILES string of the molecule is COc1cc(C2(C(=O)O)CCCCC2)c(F)cc1C. The Kier molecular flexibility index (Phi) is 3.78. The van der Waals surface area contributed by atoms with Crippen molar-refractivity contribution >= 4 is 5.97 Å². The molecule has 0 saturated heterocycles. The van der Waals surface area contributed by atoms with E-state index in [0.717, 1.165) is 19.3 Å². The first-order chi connectivity index (χ1) is 9.01. The number of rotatable bonds is 3. The average molecular weight is 266 g/mol. The molecule has 1 N–H and O–H groups in total. The molecule has 1 saturated carbocycles. The predicted octanol–water partition coefficient (Wildman–Crippen LogP) is 3.43. The lowest BCUT2D eigenvalue weighted by molar-refractivity contribution is -0.145. The number of aryl methyl sites for hydroxylation is 1. The van der Waals surface area contributed by atoms with Gasteiger partial charge < -0.3 is 9.84 Å². The monoisotopic (exact) mass is 266 g/mol. The Labute approximate surface area is 112 Å². The van der Waals surface area contributed by atoms with Gasteiger partial charge in [0.05, 0.1) is 12.5 Å². The first-order valence-corrected chi connectivity index (χ1v) is 6.59. The lowest BCUT2D eigenvalue weighted by atomic mass is 9.69. The van der Waals surface area contributed by atoms with E-state index in [0.29, 0.717) is 24.2 Å². The van der Waals surface area contributed by atoms with E-state index in [4.69, 9.17) is 4.74 Å². The Morgan fingerprint density at radius 3 is 2.47 bits per heavy atom. The molecule has 2 rings (SSSR count). The van der Waals surface area contributed by atoms with E-state index in [-0.39, 0.29) is 5.56 Å². The molecule has 1 aromatic carbocycles. The minimum absolute atomic E-state index is 0.266. The van der Waals surface area contributed by atoms with Crippen molar-refractivity contribution in [3.05, 3.63) is 29.1 Å². The second-order valence-electron chi connectivity index (χ2n) is 5.25. The van der Waals surface area contributed by atoms with Crippen LogP contribution in [0, 0.1) is 12.7 Å². The van der Waals surface area contributed by atoms with Crippen LogP contribution in [0.25, 0.3) is 0 Å². The van der Waals surface area contributed by atoms with Crippen LogP contribution in [-0.2, 0) is 10.2 Å². The summed E-state index contributed by atoms with van der Waals surface area (Å²) in [5.41, 5.74) is -0.147. The first-order valence-electron chi connectivity index (χ1n) is 6.59. The number of aliphatic carboxylic acids is 1. The van der Waals surface area contributed by atoms with Crippen molar-refractivity contribution in [1.29, 1.82) is 0 Å². The molecular weight excluding hydrogens is 247 g/mol. The maximum Gasteiger partial charge on any atom is 0.314 e. The molecule has 1 aromatic rings.